The van der Waals surface area contributed by atoms with Gasteiger partial charge in [0.1, 0.15) is 5.84 Å². The number of nitrogens with two attached hydrogens (primary N) is 1. The van der Waals surface area contributed by atoms with Crippen LogP contribution < -0.4 is 11.1 Å². The lowest BCUT2D eigenvalue weighted by Crippen LogP contribution is -2.32. The molecule has 1 rings (SSSR count). The van der Waals surface area contributed by atoms with E-state index in [2.05, 4.69) is 16.9 Å². The van der Waals surface area contributed by atoms with Gasteiger partial charge in [-0.15, -0.1) is 0 Å². The molecule has 0 atom stereocenters. The third-order valence-corrected chi connectivity index (χ3v) is 1.73. The zero-order chi connectivity index (χ0) is 9.14. The minimum absolute atomic E-state index is 0.254. The molecule has 0 radical (unpaired) electrons. The summed E-state index contributed by atoms with van der Waals surface area (Å²) in [5, 5.41) is 3.07. The van der Waals surface area contributed by atoms with Gasteiger partial charge < -0.3 is 11.1 Å². The molecule has 0 aromatic carbocycles. The zero-order valence-electron chi connectivity index (χ0n) is 7.13. The fraction of sp³-hybridized carbons (Fsp3) is 0.500. The van der Waals surface area contributed by atoms with E-state index in [1.165, 1.54) is 0 Å². The van der Waals surface area contributed by atoms with Crippen molar-refractivity contribution in [1.29, 1.82) is 0 Å². The fourth-order valence-electron chi connectivity index (χ4n) is 0.824. The summed E-state index contributed by atoms with van der Waals surface area (Å²) in [5.74, 6) is -0.00579. The van der Waals surface area contributed by atoms with Crippen LogP contribution in [0, 0.1) is 0 Å². The number of nitrogens with one attached hydrogen (secondary N) is 1. The molecule has 0 aromatic heterocycles. The van der Waals surface area contributed by atoms with Gasteiger partial charge in [0.15, 0.2) is 0 Å². The van der Waals surface area contributed by atoms with Crippen molar-refractivity contribution in [3.63, 3.8) is 0 Å². The third-order valence-electron chi connectivity index (χ3n) is 1.73. The van der Waals surface area contributed by atoms with Crippen LogP contribution in [0.1, 0.15) is 12.8 Å². The van der Waals surface area contributed by atoms with Crippen molar-refractivity contribution in [2.45, 2.75) is 18.9 Å². The number of amides is 1. The number of carbonyl (C=O) groups excluding carboxylic acids is 1. The molecule has 0 aliphatic heterocycles. The number of nitrogens with zero attached hydrogens (tertiary/aromatic N) is 1. The minimum atomic E-state index is -0.524. The molecule has 0 heterocycles. The largest absolute Gasteiger partial charge is 0.367 e. The van der Waals surface area contributed by atoms with E-state index in [-0.39, 0.29) is 5.57 Å². The highest BCUT2D eigenvalue weighted by Gasteiger charge is 2.23. The van der Waals surface area contributed by atoms with E-state index in [4.69, 9.17) is 5.73 Å². The molecule has 3 N–H and O–H groups in total. The van der Waals surface area contributed by atoms with Gasteiger partial charge in [-0.2, -0.15) is 0 Å². The van der Waals surface area contributed by atoms with Crippen molar-refractivity contribution in [2.75, 3.05) is 7.05 Å². The molecule has 1 saturated carbocycles. The predicted octanol–water partition coefficient (Wildman–Crippen LogP) is -0.192. The monoisotopic (exact) mass is 167 g/mol. The first-order valence-electron chi connectivity index (χ1n) is 3.87. The molecule has 1 fully saturated rings. The van der Waals surface area contributed by atoms with Gasteiger partial charge in [-0.1, -0.05) is 6.58 Å². The van der Waals surface area contributed by atoms with E-state index >= 15 is 0 Å². The second-order valence-corrected chi connectivity index (χ2v) is 2.83. The highest BCUT2D eigenvalue weighted by Crippen LogP contribution is 2.19. The SMILES string of the molecule is C=C(C(N)=O)/C(=N\C)NC1CC1. The van der Waals surface area contributed by atoms with E-state index in [0.717, 1.165) is 12.8 Å². The van der Waals surface area contributed by atoms with Crippen molar-refractivity contribution >= 4 is 11.7 Å². The highest BCUT2D eigenvalue weighted by atomic mass is 16.1. The Balaban J connectivity index is 2.54. The smallest absolute Gasteiger partial charge is 0.251 e. The highest BCUT2D eigenvalue weighted by molar-refractivity contribution is 6.19. The van der Waals surface area contributed by atoms with Gasteiger partial charge in [-0.05, 0) is 12.8 Å². The molecule has 66 valence electrons. The van der Waals surface area contributed by atoms with Crippen molar-refractivity contribution in [2.24, 2.45) is 10.7 Å². The van der Waals surface area contributed by atoms with Crippen LogP contribution in [0.5, 0.6) is 0 Å². The second-order valence-electron chi connectivity index (χ2n) is 2.83. The summed E-state index contributed by atoms with van der Waals surface area (Å²) in [4.78, 5) is 14.6. The van der Waals surface area contributed by atoms with Crippen LogP contribution in [0.15, 0.2) is 17.1 Å². The van der Waals surface area contributed by atoms with Crippen LogP contribution in [-0.2, 0) is 4.79 Å². The number of hydrogen-bond donors (Lipinski definition) is 2. The van der Waals surface area contributed by atoms with Crippen LogP contribution in [0.25, 0.3) is 0 Å². The van der Waals surface area contributed by atoms with Gasteiger partial charge in [-0.25, -0.2) is 0 Å². The maximum atomic E-state index is 10.7. The molecule has 0 unspecified atom stereocenters. The lowest BCUT2D eigenvalue weighted by Gasteiger charge is -2.07. The van der Waals surface area contributed by atoms with E-state index in [0.29, 0.717) is 11.9 Å². The zero-order valence-corrected chi connectivity index (χ0v) is 7.13. The van der Waals surface area contributed by atoms with Crippen molar-refractivity contribution in [3.8, 4) is 0 Å². The topological polar surface area (TPSA) is 67.5 Å². The Labute approximate surface area is 71.5 Å². The van der Waals surface area contributed by atoms with Gasteiger partial charge in [-0.3, -0.25) is 9.79 Å². The van der Waals surface area contributed by atoms with Crippen LogP contribution in [0.4, 0.5) is 0 Å². The molecular formula is C8H13N3O. The quantitative estimate of drug-likeness (QED) is 0.347. The number of carbonyl (C=O) groups is 1. The van der Waals surface area contributed by atoms with Crippen molar-refractivity contribution < 1.29 is 4.79 Å². The molecule has 4 nitrogen and oxygen atoms in total. The second kappa shape index (κ2) is 3.38. The molecule has 0 spiro atoms. The summed E-state index contributed by atoms with van der Waals surface area (Å²) in [5.41, 5.74) is 5.30. The minimum Gasteiger partial charge on any atom is -0.367 e. The van der Waals surface area contributed by atoms with Crippen LogP contribution >= 0.6 is 0 Å². The van der Waals surface area contributed by atoms with Crippen LogP contribution in [0.3, 0.4) is 0 Å². The average molecular weight is 167 g/mol. The Bertz CT molecular complexity index is 241. The number of rotatable bonds is 3. The summed E-state index contributed by atoms with van der Waals surface area (Å²) >= 11 is 0. The summed E-state index contributed by atoms with van der Waals surface area (Å²) in [6.07, 6.45) is 2.26. The average Bonchev–Trinajstić information content (AvgIpc) is 2.82. The number of aliphatic imine (C=N–C) groups is 1. The number of primary amides is 1. The Morgan fingerprint density at radius 3 is 2.58 bits per heavy atom. The van der Waals surface area contributed by atoms with Crippen molar-refractivity contribution in [1.82, 2.24) is 5.32 Å². The fourth-order valence-corrected chi connectivity index (χ4v) is 0.824. The summed E-state index contributed by atoms with van der Waals surface area (Å²) < 4.78 is 0. The number of hydrogen-bond acceptors (Lipinski definition) is 2. The van der Waals surface area contributed by atoms with Gasteiger partial charge in [0.05, 0.1) is 5.57 Å². The first-order valence-corrected chi connectivity index (χ1v) is 3.87. The Kier molecular flexibility index (Phi) is 2.47. The summed E-state index contributed by atoms with van der Waals surface area (Å²) in [6, 6.07) is 0.458. The molecule has 0 saturated heterocycles. The van der Waals surface area contributed by atoms with E-state index in [1.807, 2.05) is 0 Å². The van der Waals surface area contributed by atoms with E-state index in [9.17, 15) is 4.79 Å². The maximum Gasteiger partial charge on any atom is 0.251 e. The first-order chi connectivity index (χ1) is 5.65. The molecule has 4 heteroatoms. The molecule has 0 bridgehead atoms. The van der Waals surface area contributed by atoms with Crippen LogP contribution in [-0.4, -0.2) is 24.8 Å². The Hall–Kier alpha value is -1.32. The standard InChI is InChI=1S/C8H13N3O/c1-5(7(9)12)8(10-2)11-6-3-4-6/h6H,1,3-4H2,2H3,(H2,9,12)(H,10,11). The molecule has 0 aromatic rings. The molecule has 1 aliphatic rings. The van der Waals surface area contributed by atoms with Gasteiger partial charge >= 0.3 is 0 Å². The van der Waals surface area contributed by atoms with E-state index < -0.39 is 5.91 Å². The summed E-state index contributed by atoms with van der Waals surface area (Å²) in [6.45, 7) is 3.54. The molecule has 1 aliphatic carbocycles. The van der Waals surface area contributed by atoms with E-state index in [1.54, 1.807) is 7.05 Å². The third kappa shape index (κ3) is 2.08. The first kappa shape index (κ1) is 8.77. The number of amidine groups is 1. The van der Waals surface area contributed by atoms with Crippen LogP contribution in [0.2, 0.25) is 0 Å². The molecule has 1 amide bonds. The van der Waals surface area contributed by atoms with Gasteiger partial charge in [0.25, 0.3) is 5.91 Å². The summed E-state index contributed by atoms with van der Waals surface area (Å²) in [7, 11) is 1.61. The van der Waals surface area contributed by atoms with Gasteiger partial charge in [0, 0.05) is 13.1 Å². The maximum absolute atomic E-state index is 10.7. The Morgan fingerprint density at radius 2 is 2.25 bits per heavy atom. The lowest BCUT2D eigenvalue weighted by molar-refractivity contribution is -0.114. The Morgan fingerprint density at radius 1 is 1.67 bits per heavy atom. The molecular weight excluding hydrogens is 154 g/mol. The van der Waals surface area contributed by atoms with Crippen molar-refractivity contribution in [3.05, 3.63) is 12.2 Å². The van der Waals surface area contributed by atoms with Gasteiger partial charge in [0.2, 0.25) is 0 Å². The molecule has 12 heavy (non-hydrogen) atoms. The normalized spacial score (nSPS) is 17.2. The predicted molar refractivity (Wildman–Crippen MR) is 47.9 cm³/mol. The lowest BCUT2D eigenvalue weighted by atomic mass is 10.2.